The first kappa shape index (κ1) is 26.4. The smallest absolute Gasteiger partial charge is 0.280 e. The molecule has 0 bridgehead atoms. The van der Waals surface area contributed by atoms with Crippen molar-refractivity contribution in [2.45, 2.75) is 12.8 Å². The van der Waals surface area contributed by atoms with Gasteiger partial charge in [-0.25, -0.2) is 19.9 Å². The lowest BCUT2D eigenvalue weighted by Crippen LogP contribution is -2.40. The highest BCUT2D eigenvalue weighted by Crippen LogP contribution is 2.34. The van der Waals surface area contributed by atoms with Crippen LogP contribution in [0.5, 0.6) is 0 Å². The first-order valence-corrected chi connectivity index (χ1v) is 11.1. The lowest BCUT2D eigenvalue weighted by molar-refractivity contribution is 0.0963. The zero-order chi connectivity index (χ0) is 26.6. The van der Waals surface area contributed by atoms with Crippen LogP contribution >= 0.6 is 23.2 Å². The topological polar surface area (TPSA) is 291 Å². The van der Waals surface area contributed by atoms with Crippen molar-refractivity contribution in [1.82, 2.24) is 30.6 Å². The molecule has 0 saturated heterocycles. The van der Waals surface area contributed by atoms with E-state index in [4.69, 9.17) is 57.6 Å². The van der Waals surface area contributed by atoms with Gasteiger partial charge >= 0.3 is 0 Å². The quantitative estimate of drug-likeness (QED) is 0.157. The Balaban J connectivity index is 1.51. The van der Waals surface area contributed by atoms with Gasteiger partial charge in [0.1, 0.15) is 0 Å². The summed E-state index contributed by atoms with van der Waals surface area (Å²) in [5, 5.41) is 4.43. The van der Waals surface area contributed by atoms with E-state index < -0.39 is 11.8 Å². The number of anilines is 4. The SMILES string of the molecule is NC(=NC[C@H]1CC[C@@H]1CN=C(N)NC(=O)c1nc(Cl)c(N)nc1N)NC(=O)c1nc(Cl)c(N)nc1N. The number of nitrogen functional groups attached to an aromatic ring is 4. The van der Waals surface area contributed by atoms with Crippen LogP contribution in [-0.4, -0.2) is 56.8 Å². The largest absolute Gasteiger partial charge is 0.382 e. The Morgan fingerprint density at radius 3 is 1.42 bits per heavy atom. The van der Waals surface area contributed by atoms with Crippen LogP contribution < -0.4 is 45.0 Å². The Morgan fingerprint density at radius 1 is 0.722 bits per heavy atom. The second kappa shape index (κ2) is 11.0. The van der Waals surface area contributed by atoms with Crippen LogP contribution in [0, 0.1) is 11.8 Å². The van der Waals surface area contributed by atoms with Crippen molar-refractivity contribution in [3.05, 3.63) is 21.7 Å². The summed E-state index contributed by atoms with van der Waals surface area (Å²) in [6, 6.07) is 0. The molecular formula is C18H24Cl2N14O2. The monoisotopic (exact) mass is 538 g/mol. The highest BCUT2D eigenvalue weighted by atomic mass is 35.5. The van der Waals surface area contributed by atoms with Crippen LogP contribution in [0.2, 0.25) is 10.3 Å². The third-order valence-electron chi connectivity index (χ3n) is 5.29. The first-order chi connectivity index (χ1) is 17.0. The predicted molar refractivity (Wildman–Crippen MR) is 136 cm³/mol. The van der Waals surface area contributed by atoms with Crippen molar-refractivity contribution in [3.63, 3.8) is 0 Å². The number of carbonyl (C=O) groups excluding carboxylic acids is 2. The number of carbonyl (C=O) groups is 2. The number of nitrogens with zero attached hydrogens (tertiary/aromatic N) is 6. The third-order valence-corrected chi connectivity index (χ3v) is 5.85. The van der Waals surface area contributed by atoms with Crippen molar-refractivity contribution in [2.24, 2.45) is 33.3 Å². The van der Waals surface area contributed by atoms with E-state index in [9.17, 15) is 9.59 Å². The van der Waals surface area contributed by atoms with Gasteiger partial charge in [-0.05, 0) is 24.7 Å². The number of halogens is 2. The summed E-state index contributed by atoms with van der Waals surface area (Å²) in [6.45, 7) is 0.663. The van der Waals surface area contributed by atoms with E-state index in [1.807, 2.05) is 0 Å². The normalized spacial score (nSPS) is 17.8. The maximum absolute atomic E-state index is 12.3. The van der Waals surface area contributed by atoms with Gasteiger partial charge in [0.2, 0.25) is 0 Å². The van der Waals surface area contributed by atoms with Crippen molar-refractivity contribution in [3.8, 4) is 0 Å². The summed E-state index contributed by atoms with van der Waals surface area (Å²) in [5.41, 5.74) is 33.4. The van der Waals surface area contributed by atoms with Gasteiger partial charge in [-0.15, -0.1) is 0 Å². The van der Waals surface area contributed by atoms with Crippen LogP contribution in [-0.2, 0) is 0 Å². The molecule has 2 aromatic rings. The van der Waals surface area contributed by atoms with Gasteiger partial charge in [0, 0.05) is 13.1 Å². The minimum absolute atomic E-state index is 0.0984. The number of guanidine groups is 2. The maximum atomic E-state index is 12.3. The fraction of sp³-hybridized carbons (Fsp3) is 0.333. The Morgan fingerprint density at radius 2 is 1.08 bits per heavy atom. The molecule has 16 nitrogen and oxygen atoms in total. The Hall–Kier alpha value is -4.18. The van der Waals surface area contributed by atoms with Gasteiger partial charge in [-0.3, -0.25) is 30.2 Å². The molecule has 1 aliphatic rings. The fourth-order valence-corrected chi connectivity index (χ4v) is 3.45. The lowest BCUT2D eigenvalue weighted by Gasteiger charge is -2.34. The highest BCUT2D eigenvalue weighted by molar-refractivity contribution is 6.32. The van der Waals surface area contributed by atoms with Gasteiger partial charge < -0.3 is 34.4 Å². The summed E-state index contributed by atoms with van der Waals surface area (Å²) < 4.78 is 0. The number of aliphatic imine (C=N–C) groups is 2. The molecule has 14 N–H and O–H groups in total. The second-order valence-corrected chi connectivity index (χ2v) is 8.44. The molecule has 2 heterocycles. The van der Waals surface area contributed by atoms with Crippen molar-refractivity contribution in [2.75, 3.05) is 36.0 Å². The summed E-state index contributed by atoms with van der Waals surface area (Å²) in [6.07, 6.45) is 1.75. The average molecular weight is 539 g/mol. The van der Waals surface area contributed by atoms with Crippen LogP contribution in [0.4, 0.5) is 23.3 Å². The molecule has 0 aliphatic heterocycles. The molecule has 3 rings (SSSR count). The molecule has 0 unspecified atom stereocenters. The third kappa shape index (κ3) is 6.28. The molecule has 0 spiro atoms. The number of hydrogen-bond acceptors (Lipinski definition) is 12. The van der Waals surface area contributed by atoms with E-state index in [-0.39, 0.29) is 68.7 Å². The predicted octanol–water partition coefficient (Wildman–Crippen LogP) is -1.28. The van der Waals surface area contributed by atoms with Gasteiger partial charge in [0.15, 0.2) is 56.9 Å². The number of amides is 2. The van der Waals surface area contributed by atoms with E-state index in [0.29, 0.717) is 13.1 Å². The number of hydrogen-bond donors (Lipinski definition) is 8. The molecule has 0 radical (unpaired) electrons. The second-order valence-electron chi connectivity index (χ2n) is 7.72. The minimum Gasteiger partial charge on any atom is -0.382 e. The fourth-order valence-electron chi connectivity index (χ4n) is 3.20. The molecule has 1 saturated carbocycles. The molecular weight excluding hydrogens is 515 g/mol. The number of aromatic nitrogens is 4. The van der Waals surface area contributed by atoms with Gasteiger partial charge in [-0.2, -0.15) is 0 Å². The van der Waals surface area contributed by atoms with Crippen LogP contribution in [0.1, 0.15) is 33.8 Å². The van der Waals surface area contributed by atoms with Gasteiger partial charge in [-0.1, -0.05) is 23.2 Å². The van der Waals surface area contributed by atoms with Gasteiger partial charge in [0.25, 0.3) is 11.8 Å². The minimum atomic E-state index is -0.728. The van der Waals surface area contributed by atoms with Crippen molar-refractivity contribution in [1.29, 1.82) is 0 Å². The van der Waals surface area contributed by atoms with Crippen molar-refractivity contribution >= 4 is 70.2 Å². The van der Waals surface area contributed by atoms with Gasteiger partial charge in [0.05, 0.1) is 0 Å². The number of nitrogens with two attached hydrogens (primary N) is 6. The Labute approximate surface area is 214 Å². The molecule has 2 amide bonds. The Bertz CT molecular complexity index is 1160. The average Bonchev–Trinajstić information content (AvgIpc) is 2.77. The van der Waals surface area contributed by atoms with Crippen LogP contribution in [0.25, 0.3) is 0 Å². The molecule has 36 heavy (non-hydrogen) atoms. The number of nitrogens with one attached hydrogen (secondary N) is 2. The molecule has 1 aliphatic carbocycles. The maximum Gasteiger partial charge on any atom is 0.280 e. The zero-order valence-electron chi connectivity index (χ0n) is 18.7. The summed E-state index contributed by atoms with van der Waals surface area (Å²) >= 11 is 11.6. The molecule has 192 valence electrons. The molecule has 0 aromatic carbocycles. The first-order valence-electron chi connectivity index (χ1n) is 10.4. The van der Waals surface area contributed by atoms with E-state index in [1.165, 1.54) is 0 Å². The molecule has 2 atom stereocenters. The van der Waals surface area contributed by atoms with Crippen LogP contribution in [0.3, 0.4) is 0 Å². The number of rotatable bonds is 6. The van der Waals surface area contributed by atoms with E-state index in [1.54, 1.807) is 0 Å². The molecule has 18 heteroatoms. The van der Waals surface area contributed by atoms with E-state index in [0.717, 1.165) is 12.8 Å². The standard InChI is InChI=1S/C18H24Cl2N14O2/c19-9-13(23)31-11(21)7(29-9)15(35)33-17(25)27-3-5-1-2-6(5)4-28-18(26)34-16(36)8-12(22)32-14(24)10(20)30-8/h5-6H,1-4H2,(H4,21,23,31)(H4,22,24,32)(H3,25,27,33,35)(H3,26,28,34,36)/t5-,6-/m1/s1. The Kier molecular flexibility index (Phi) is 8.11. The lowest BCUT2D eigenvalue weighted by atomic mass is 9.74. The van der Waals surface area contributed by atoms with E-state index >= 15 is 0 Å². The zero-order valence-corrected chi connectivity index (χ0v) is 20.2. The molecule has 1 fully saturated rings. The summed E-state index contributed by atoms with van der Waals surface area (Å²) in [5.74, 6) is -2.02. The highest BCUT2D eigenvalue weighted by Gasteiger charge is 2.30. The van der Waals surface area contributed by atoms with Crippen molar-refractivity contribution < 1.29 is 9.59 Å². The molecule has 2 aromatic heterocycles. The van der Waals surface area contributed by atoms with Crippen LogP contribution in [0.15, 0.2) is 9.98 Å². The summed E-state index contributed by atoms with van der Waals surface area (Å²) in [7, 11) is 0. The van der Waals surface area contributed by atoms with E-state index in [2.05, 4.69) is 40.6 Å². The summed E-state index contributed by atoms with van der Waals surface area (Å²) in [4.78, 5) is 48.1.